The van der Waals surface area contributed by atoms with E-state index in [2.05, 4.69) is 65.8 Å². The number of aryl methyl sites for hydroxylation is 1. The number of benzene rings is 2. The first-order valence-corrected chi connectivity index (χ1v) is 12.6. The molecular formula is C28H41N3O2. The van der Waals surface area contributed by atoms with Crippen LogP contribution in [0.2, 0.25) is 0 Å². The summed E-state index contributed by atoms with van der Waals surface area (Å²) in [6, 6.07) is 19.4. The minimum absolute atomic E-state index is 0.0986. The molecule has 1 aliphatic rings. The molecule has 0 bridgehead atoms. The molecule has 0 spiro atoms. The van der Waals surface area contributed by atoms with Crippen LogP contribution in [0, 0.1) is 0 Å². The minimum atomic E-state index is 0.0986. The Bertz CT molecular complexity index is 800. The van der Waals surface area contributed by atoms with Gasteiger partial charge in [0.15, 0.2) is 0 Å². The minimum Gasteiger partial charge on any atom is -0.379 e. The van der Waals surface area contributed by atoms with Gasteiger partial charge in [-0.1, -0.05) is 30.3 Å². The van der Waals surface area contributed by atoms with E-state index in [1.54, 1.807) is 0 Å². The van der Waals surface area contributed by atoms with E-state index in [0.717, 1.165) is 70.5 Å². The number of carbonyl (C=O) groups is 1. The maximum absolute atomic E-state index is 12.3. The molecule has 0 saturated carbocycles. The summed E-state index contributed by atoms with van der Waals surface area (Å²) in [7, 11) is 0. The zero-order valence-electron chi connectivity index (χ0n) is 20.4. The number of ether oxygens (including phenoxy) is 1. The fourth-order valence-corrected chi connectivity index (χ4v) is 4.28. The number of hydrogen-bond donors (Lipinski definition) is 2. The highest BCUT2D eigenvalue weighted by Crippen LogP contribution is 2.22. The fraction of sp³-hybridized carbons (Fsp3) is 0.536. The van der Waals surface area contributed by atoms with E-state index < -0.39 is 0 Å². The molecule has 1 amide bonds. The Morgan fingerprint density at radius 1 is 1.00 bits per heavy atom. The number of nitrogens with zero attached hydrogens (tertiary/aromatic N) is 1. The molecule has 1 saturated heterocycles. The third kappa shape index (κ3) is 9.56. The van der Waals surface area contributed by atoms with Crippen molar-refractivity contribution in [1.82, 2.24) is 5.32 Å². The van der Waals surface area contributed by atoms with Crippen LogP contribution in [0.1, 0.15) is 57.9 Å². The number of nitrogens with one attached hydrogen (secondary N) is 2. The summed E-state index contributed by atoms with van der Waals surface area (Å²) in [4.78, 5) is 14.7. The number of rotatable bonds is 13. The molecule has 1 aliphatic heterocycles. The Kier molecular flexibility index (Phi) is 10.7. The summed E-state index contributed by atoms with van der Waals surface area (Å²) in [5.41, 5.74) is 3.45. The maximum Gasteiger partial charge on any atom is 0.224 e. The van der Waals surface area contributed by atoms with Gasteiger partial charge in [-0.15, -0.1) is 0 Å². The summed E-state index contributed by atoms with van der Waals surface area (Å²) in [6.07, 6.45) is 7.25. The Morgan fingerprint density at radius 2 is 1.73 bits per heavy atom. The molecule has 1 fully saturated rings. The van der Waals surface area contributed by atoms with Gasteiger partial charge in [0, 0.05) is 43.5 Å². The predicted octanol–water partition coefficient (Wildman–Crippen LogP) is 5.41. The molecule has 180 valence electrons. The van der Waals surface area contributed by atoms with Crippen molar-refractivity contribution in [3.05, 3.63) is 60.2 Å². The average Bonchev–Trinajstić information content (AvgIpc) is 2.83. The van der Waals surface area contributed by atoms with Crippen molar-refractivity contribution in [2.75, 3.05) is 36.5 Å². The first-order valence-electron chi connectivity index (χ1n) is 12.6. The lowest BCUT2D eigenvalue weighted by molar-refractivity contribution is -0.116. The summed E-state index contributed by atoms with van der Waals surface area (Å²) in [5.74, 6) is 0.0986. The van der Waals surface area contributed by atoms with Gasteiger partial charge in [-0.3, -0.25) is 4.79 Å². The predicted molar refractivity (Wildman–Crippen MR) is 138 cm³/mol. The molecule has 5 heteroatoms. The van der Waals surface area contributed by atoms with E-state index in [1.165, 1.54) is 11.3 Å². The average molecular weight is 452 g/mol. The van der Waals surface area contributed by atoms with Gasteiger partial charge in [0.2, 0.25) is 5.91 Å². The zero-order chi connectivity index (χ0) is 23.3. The van der Waals surface area contributed by atoms with Crippen molar-refractivity contribution < 1.29 is 9.53 Å². The van der Waals surface area contributed by atoms with Gasteiger partial charge in [-0.05, 0) is 88.7 Å². The second kappa shape index (κ2) is 14.0. The van der Waals surface area contributed by atoms with Crippen LogP contribution in [0.4, 0.5) is 11.4 Å². The smallest absolute Gasteiger partial charge is 0.224 e. The summed E-state index contributed by atoms with van der Waals surface area (Å²) < 4.78 is 5.61. The molecule has 0 radical (unpaired) electrons. The van der Waals surface area contributed by atoms with Crippen molar-refractivity contribution in [3.63, 3.8) is 0 Å². The fourth-order valence-electron chi connectivity index (χ4n) is 4.28. The molecule has 0 aromatic heterocycles. The van der Waals surface area contributed by atoms with Gasteiger partial charge >= 0.3 is 0 Å². The van der Waals surface area contributed by atoms with E-state index in [9.17, 15) is 4.79 Å². The number of unbranched alkanes of at least 4 members (excludes halogenated alkanes) is 1. The third-order valence-electron chi connectivity index (χ3n) is 6.18. The second-order valence-corrected chi connectivity index (χ2v) is 9.28. The van der Waals surface area contributed by atoms with Crippen molar-refractivity contribution in [3.8, 4) is 0 Å². The SMILES string of the molecule is CC(C)OCCCNC1CCN(c2ccc(NC(=O)CCCCc3ccccc3)cc2)CC1. The van der Waals surface area contributed by atoms with E-state index >= 15 is 0 Å². The van der Waals surface area contributed by atoms with E-state index in [1.807, 2.05) is 18.2 Å². The molecule has 5 nitrogen and oxygen atoms in total. The van der Waals surface area contributed by atoms with Crippen LogP contribution < -0.4 is 15.5 Å². The van der Waals surface area contributed by atoms with Gasteiger partial charge in [-0.25, -0.2) is 0 Å². The molecule has 2 aromatic rings. The van der Waals surface area contributed by atoms with Crippen molar-refractivity contribution in [1.29, 1.82) is 0 Å². The molecule has 33 heavy (non-hydrogen) atoms. The maximum atomic E-state index is 12.3. The Balaban J connectivity index is 1.30. The van der Waals surface area contributed by atoms with E-state index in [-0.39, 0.29) is 5.91 Å². The van der Waals surface area contributed by atoms with Crippen LogP contribution in [-0.4, -0.2) is 44.3 Å². The van der Waals surface area contributed by atoms with Crippen LogP contribution >= 0.6 is 0 Å². The van der Waals surface area contributed by atoms with Crippen LogP contribution in [0.15, 0.2) is 54.6 Å². The van der Waals surface area contributed by atoms with E-state index in [0.29, 0.717) is 18.6 Å². The Labute approximate surface area is 199 Å². The molecule has 1 heterocycles. The monoisotopic (exact) mass is 451 g/mol. The highest BCUT2D eigenvalue weighted by atomic mass is 16.5. The lowest BCUT2D eigenvalue weighted by Gasteiger charge is -2.34. The van der Waals surface area contributed by atoms with Gasteiger partial charge in [-0.2, -0.15) is 0 Å². The number of carbonyl (C=O) groups excluding carboxylic acids is 1. The van der Waals surface area contributed by atoms with Gasteiger partial charge < -0.3 is 20.3 Å². The molecule has 2 N–H and O–H groups in total. The first kappa shape index (κ1) is 25.3. The van der Waals surface area contributed by atoms with Gasteiger partial charge in [0.25, 0.3) is 0 Å². The molecule has 0 atom stereocenters. The highest BCUT2D eigenvalue weighted by Gasteiger charge is 2.18. The molecular weight excluding hydrogens is 410 g/mol. The van der Waals surface area contributed by atoms with Gasteiger partial charge in [0.1, 0.15) is 0 Å². The zero-order valence-corrected chi connectivity index (χ0v) is 20.4. The largest absolute Gasteiger partial charge is 0.379 e. The van der Waals surface area contributed by atoms with E-state index in [4.69, 9.17) is 4.74 Å². The van der Waals surface area contributed by atoms with Crippen LogP contribution in [-0.2, 0) is 16.0 Å². The molecule has 0 unspecified atom stereocenters. The highest BCUT2D eigenvalue weighted by molar-refractivity contribution is 5.90. The summed E-state index contributed by atoms with van der Waals surface area (Å²) >= 11 is 0. The number of amides is 1. The van der Waals surface area contributed by atoms with Crippen molar-refractivity contribution >= 4 is 17.3 Å². The second-order valence-electron chi connectivity index (χ2n) is 9.28. The Hall–Kier alpha value is -2.37. The number of piperidine rings is 1. The van der Waals surface area contributed by atoms with Crippen LogP contribution in [0.25, 0.3) is 0 Å². The normalized spacial score (nSPS) is 14.6. The summed E-state index contributed by atoms with van der Waals surface area (Å²) in [5, 5.41) is 6.71. The van der Waals surface area contributed by atoms with Crippen molar-refractivity contribution in [2.45, 2.75) is 70.9 Å². The Morgan fingerprint density at radius 3 is 2.42 bits per heavy atom. The molecule has 0 aliphatic carbocycles. The standard InChI is InChI=1S/C28H41N3O2/c1-23(2)33-22-8-19-29-25-17-20-31(21-18-25)27-15-13-26(14-16-27)30-28(32)12-7-6-11-24-9-4-3-5-10-24/h3-5,9-10,13-16,23,25,29H,6-8,11-12,17-22H2,1-2H3,(H,30,32). The molecule has 2 aromatic carbocycles. The van der Waals surface area contributed by atoms with Gasteiger partial charge in [0.05, 0.1) is 6.10 Å². The lowest BCUT2D eigenvalue weighted by atomic mass is 10.0. The molecule has 3 rings (SSSR count). The lowest BCUT2D eigenvalue weighted by Crippen LogP contribution is -2.43. The van der Waals surface area contributed by atoms with Crippen LogP contribution in [0.3, 0.4) is 0 Å². The number of anilines is 2. The topological polar surface area (TPSA) is 53.6 Å². The first-order chi connectivity index (χ1) is 16.1. The van der Waals surface area contributed by atoms with Crippen LogP contribution in [0.5, 0.6) is 0 Å². The summed E-state index contributed by atoms with van der Waals surface area (Å²) in [6.45, 7) is 8.15. The number of hydrogen-bond acceptors (Lipinski definition) is 4. The quantitative estimate of drug-likeness (QED) is 0.400. The third-order valence-corrected chi connectivity index (χ3v) is 6.18. The van der Waals surface area contributed by atoms with Crippen molar-refractivity contribution in [2.24, 2.45) is 0 Å².